The Bertz CT molecular complexity index is 1120. The molecule has 0 radical (unpaired) electrons. The smallest absolute Gasteiger partial charge is 0.408 e. The van der Waals surface area contributed by atoms with Crippen molar-refractivity contribution < 1.29 is 13.6 Å². The zero-order valence-corrected chi connectivity index (χ0v) is 29.3. The first-order chi connectivity index (χ1) is 21.4. The minimum atomic E-state index is -1.74. The summed E-state index contributed by atoms with van der Waals surface area (Å²) in [6, 6.07) is 25.1. The molecular formula is C40H59O3P. The molecule has 0 atom stereocenters. The van der Waals surface area contributed by atoms with Crippen LogP contribution >= 0.6 is 8.60 Å². The van der Waals surface area contributed by atoms with E-state index in [1.165, 1.54) is 101 Å². The molecule has 3 nitrogen and oxygen atoms in total. The number of unbranched alkanes of at least 4 members (excludes halogenated alkanes) is 12. The summed E-state index contributed by atoms with van der Waals surface area (Å²) < 4.78 is 20.0. The molecule has 0 heterocycles. The van der Waals surface area contributed by atoms with Crippen molar-refractivity contribution in [1.29, 1.82) is 0 Å². The maximum atomic E-state index is 6.69. The van der Waals surface area contributed by atoms with E-state index < -0.39 is 8.60 Å². The minimum Gasteiger partial charge on any atom is -0.408 e. The summed E-state index contributed by atoms with van der Waals surface area (Å²) in [5.74, 6) is 2.55. The van der Waals surface area contributed by atoms with Crippen LogP contribution < -0.4 is 13.6 Å². The average Bonchev–Trinajstić information content (AvgIpc) is 3.01. The Morgan fingerprint density at radius 2 is 0.818 bits per heavy atom. The van der Waals surface area contributed by atoms with Gasteiger partial charge in [0.2, 0.25) is 0 Å². The lowest BCUT2D eigenvalue weighted by atomic mass is 9.86. The Balaban J connectivity index is 1.75. The molecule has 0 fully saturated rings. The third kappa shape index (κ3) is 13.2. The fourth-order valence-electron chi connectivity index (χ4n) is 5.61. The lowest BCUT2D eigenvalue weighted by molar-refractivity contribution is 0.378. The summed E-state index contributed by atoms with van der Waals surface area (Å²) in [7, 11) is -1.74. The average molecular weight is 619 g/mol. The van der Waals surface area contributed by atoms with Crippen molar-refractivity contribution in [3.63, 3.8) is 0 Å². The Morgan fingerprint density at radius 1 is 0.455 bits per heavy atom. The van der Waals surface area contributed by atoms with Crippen LogP contribution in [-0.4, -0.2) is 0 Å². The monoisotopic (exact) mass is 618 g/mol. The lowest BCUT2D eigenvalue weighted by Gasteiger charge is -2.25. The number of hydrogen-bond acceptors (Lipinski definition) is 3. The molecule has 0 unspecified atom stereocenters. The zero-order valence-electron chi connectivity index (χ0n) is 28.4. The second-order valence-electron chi connectivity index (χ2n) is 13.2. The van der Waals surface area contributed by atoms with Gasteiger partial charge in [0.05, 0.1) is 0 Å². The first-order valence-corrected chi connectivity index (χ1v) is 18.6. The number of aryl methyl sites for hydroxylation is 2. The van der Waals surface area contributed by atoms with Crippen LogP contribution in [0.15, 0.2) is 72.8 Å². The molecule has 3 aromatic carbocycles. The van der Waals surface area contributed by atoms with Gasteiger partial charge in [-0.1, -0.05) is 166 Å². The molecule has 0 bridgehead atoms. The summed E-state index contributed by atoms with van der Waals surface area (Å²) >= 11 is 0. The Kier molecular flexibility index (Phi) is 16.8. The predicted octanol–water partition coefficient (Wildman–Crippen LogP) is 13.3. The van der Waals surface area contributed by atoms with Gasteiger partial charge in [-0.05, 0) is 60.4 Å². The molecule has 0 amide bonds. The standard InChI is InChI=1S/C40H59O3P/c1-6-8-10-12-14-16-18-26-34-28-20-23-31-37(34)41-44(43-39-33-25-22-30-36(39)40(3,4)5)42-38-32-24-21-29-35(38)27-19-17-15-13-11-9-7-2/h20-25,28-33H,6-19,26-27H2,1-5H3. The van der Waals surface area contributed by atoms with Crippen molar-refractivity contribution in [2.24, 2.45) is 0 Å². The molecular weight excluding hydrogens is 559 g/mol. The molecule has 242 valence electrons. The van der Waals surface area contributed by atoms with Crippen molar-refractivity contribution in [3.8, 4) is 17.2 Å². The van der Waals surface area contributed by atoms with Gasteiger partial charge in [0, 0.05) is 5.56 Å². The summed E-state index contributed by atoms with van der Waals surface area (Å²) in [6.07, 6.45) is 20.1. The summed E-state index contributed by atoms with van der Waals surface area (Å²) in [5, 5.41) is 0. The van der Waals surface area contributed by atoms with Crippen LogP contribution in [0.2, 0.25) is 0 Å². The highest BCUT2D eigenvalue weighted by Gasteiger charge is 2.26. The molecule has 0 aliphatic rings. The van der Waals surface area contributed by atoms with Gasteiger partial charge in [0.25, 0.3) is 0 Å². The molecule has 3 rings (SSSR count). The van der Waals surface area contributed by atoms with Gasteiger partial charge in [-0.3, -0.25) is 0 Å². The summed E-state index contributed by atoms with van der Waals surface area (Å²) in [6.45, 7) is 11.2. The molecule has 4 heteroatoms. The van der Waals surface area contributed by atoms with E-state index in [9.17, 15) is 0 Å². The fourth-order valence-corrected chi connectivity index (χ4v) is 6.72. The van der Waals surface area contributed by atoms with Crippen LogP contribution in [0.4, 0.5) is 0 Å². The second kappa shape index (κ2) is 20.5. The molecule has 0 saturated heterocycles. The minimum absolute atomic E-state index is 0.0678. The predicted molar refractivity (Wildman–Crippen MR) is 190 cm³/mol. The van der Waals surface area contributed by atoms with Gasteiger partial charge in [-0.2, -0.15) is 0 Å². The Morgan fingerprint density at radius 3 is 1.27 bits per heavy atom. The van der Waals surface area contributed by atoms with Gasteiger partial charge in [0.1, 0.15) is 17.2 Å². The maximum Gasteiger partial charge on any atom is 0.530 e. The van der Waals surface area contributed by atoms with Gasteiger partial charge in [-0.15, -0.1) is 0 Å². The molecule has 0 aromatic heterocycles. The third-order valence-corrected chi connectivity index (χ3v) is 9.30. The molecule has 0 spiro atoms. The molecule has 0 aliphatic heterocycles. The van der Waals surface area contributed by atoms with E-state index >= 15 is 0 Å². The first kappa shape index (κ1) is 36.0. The van der Waals surface area contributed by atoms with E-state index in [1.54, 1.807) is 0 Å². The van der Waals surface area contributed by atoms with E-state index in [1.807, 2.05) is 12.1 Å². The zero-order chi connectivity index (χ0) is 31.5. The van der Waals surface area contributed by atoms with Crippen molar-refractivity contribution in [3.05, 3.63) is 89.5 Å². The van der Waals surface area contributed by atoms with Crippen LogP contribution in [0, 0.1) is 0 Å². The van der Waals surface area contributed by atoms with Gasteiger partial charge in [0.15, 0.2) is 0 Å². The van der Waals surface area contributed by atoms with Gasteiger partial charge < -0.3 is 13.6 Å². The normalized spacial score (nSPS) is 11.6. The van der Waals surface area contributed by atoms with Crippen LogP contribution in [-0.2, 0) is 18.3 Å². The molecule has 44 heavy (non-hydrogen) atoms. The summed E-state index contributed by atoms with van der Waals surface area (Å²) in [4.78, 5) is 0. The number of para-hydroxylation sites is 3. The molecule has 0 aliphatic carbocycles. The van der Waals surface area contributed by atoms with Gasteiger partial charge in [-0.25, -0.2) is 0 Å². The Labute approximate surface area is 271 Å². The largest absolute Gasteiger partial charge is 0.530 e. The van der Waals surface area contributed by atoms with Gasteiger partial charge >= 0.3 is 8.60 Å². The molecule has 3 aromatic rings. The van der Waals surface area contributed by atoms with E-state index in [4.69, 9.17) is 13.6 Å². The van der Waals surface area contributed by atoms with Crippen LogP contribution in [0.3, 0.4) is 0 Å². The maximum absolute atomic E-state index is 6.69. The topological polar surface area (TPSA) is 27.7 Å². The first-order valence-electron chi connectivity index (χ1n) is 17.5. The highest BCUT2D eigenvalue weighted by Crippen LogP contribution is 2.46. The van der Waals surface area contributed by atoms with Crippen LogP contribution in [0.1, 0.15) is 141 Å². The number of benzene rings is 3. The highest BCUT2D eigenvalue weighted by molar-refractivity contribution is 7.43. The van der Waals surface area contributed by atoms with E-state index in [0.29, 0.717) is 0 Å². The Hall–Kier alpha value is -2.51. The van der Waals surface area contributed by atoms with Crippen molar-refractivity contribution in [1.82, 2.24) is 0 Å². The lowest BCUT2D eigenvalue weighted by Crippen LogP contribution is -2.14. The third-order valence-electron chi connectivity index (χ3n) is 8.26. The van der Waals surface area contributed by atoms with Crippen LogP contribution in [0.25, 0.3) is 0 Å². The fraction of sp³-hybridized carbons (Fsp3) is 0.550. The van der Waals surface area contributed by atoms with Crippen LogP contribution in [0.5, 0.6) is 17.2 Å². The van der Waals surface area contributed by atoms with E-state index in [-0.39, 0.29) is 5.41 Å². The number of hydrogen-bond donors (Lipinski definition) is 0. The highest BCUT2D eigenvalue weighted by atomic mass is 31.2. The second-order valence-corrected chi connectivity index (χ2v) is 14.2. The van der Waals surface area contributed by atoms with Crippen molar-refractivity contribution in [2.75, 3.05) is 0 Å². The van der Waals surface area contributed by atoms with E-state index in [2.05, 4.69) is 95.3 Å². The quantitative estimate of drug-likeness (QED) is 0.0828. The number of rotatable bonds is 22. The molecule has 0 N–H and O–H groups in total. The summed E-state index contributed by atoms with van der Waals surface area (Å²) in [5.41, 5.74) is 3.52. The molecule has 0 saturated carbocycles. The van der Waals surface area contributed by atoms with Crippen molar-refractivity contribution in [2.45, 2.75) is 143 Å². The van der Waals surface area contributed by atoms with E-state index in [0.717, 1.165) is 35.7 Å². The van der Waals surface area contributed by atoms with Crippen molar-refractivity contribution >= 4 is 8.60 Å². The SMILES string of the molecule is CCCCCCCCCc1ccccc1OP(Oc1ccccc1CCCCCCCCC)Oc1ccccc1C(C)(C)C.